The molecule has 4 heterocycles. The number of allylic oxidation sites excluding steroid dienone is 2. The molecule has 0 bridgehead atoms. The van der Waals surface area contributed by atoms with Crippen LogP contribution in [0.25, 0.3) is 22.3 Å². The van der Waals surface area contributed by atoms with Crippen molar-refractivity contribution >= 4 is 67.3 Å². The summed E-state index contributed by atoms with van der Waals surface area (Å²) in [6, 6.07) is 53.4. The minimum absolute atomic E-state index is 0.00113. The lowest BCUT2D eigenvalue weighted by Gasteiger charge is -2.67. The van der Waals surface area contributed by atoms with Crippen molar-refractivity contribution in [2.45, 2.75) is 68.6 Å². The maximum Gasteiger partial charge on any atom is 0.252 e. The summed E-state index contributed by atoms with van der Waals surface area (Å²) < 4.78 is 0. The first-order valence-electron chi connectivity index (χ1n) is 24.2. The molecular formula is C61H55BN2S. The number of anilines is 6. The first-order chi connectivity index (χ1) is 31.3. The maximum atomic E-state index is 2.76. The van der Waals surface area contributed by atoms with Crippen molar-refractivity contribution in [3.8, 4) is 22.3 Å². The number of fused-ring (bicyclic) bond motifs is 15. The number of benzene rings is 7. The quantitative estimate of drug-likeness (QED) is 0.126. The van der Waals surface area contributed by atoms with Crippen molar-refractivity contribution in [2.24, 2.45) is 23.7 Å². The van der Waals surface area contributed by atoms with Crippen LogP contribution >= 0.6 is 10.0 Å². The van der Waals surface area contributed by atoms with Gasteiger partial charge >= 0.3 is 0 Å². The minimum atomic E-state index is -0.866. The highest BCUT2D eigenvalue weighted by Gasteiger charge is 2.69. The Bertz CT molecular complexity index is 3380. The number of nitrogens with zero attached hydrogens (tertiary/aromatic N) is 2. The standard InChI is InChI=1S/C61H55BN2S/c1-34-27-37-29-48-55(37)47(28-34)61(48)41-16-10-9-15-39(41)40-32-52-46(33-45(40)61)60(4,5)44-19-14-21-50-58(44)64(52)54-31-36(35-23-25-38(26-24-35)65(6,7)8)30-53-56(54)62(50)49-20-13-18-43-57(49)63(53)51-22-12-11-17-42(51)59(43,2)3/h9-26,29-34,37,47,55H,27-28H2,1-8H3. The van der Waals surface area contributed by atoms with Crippen molar-refractivity contribution in [1.82, 2.24) is 0 Å². The molecule has 7 aromatic rings. The molecule has 65 heavy (non-hydrogen) atoms. The number of hydrogen-bond donors (Lipinski definition) is 0. The summed E-state index contributed by atoms with van der Waals surface area (Å²) in [7, 11) is -0.866. The van der Waals surface area contributed by atoms with Crippen LogP contribution in [0.2, 0.25) is 0 Å². The molecule has 8 aliphatic rings. The normalized spacial score (nSPS) is 25.4. The van der Waals surface area contributed by atoms with Gasteiger partial charge in [0, 0.05) is 39.0 Å². The SMILES string of the molecule is CC1CC2C=C3C2C(C1)C31c2ccccc2-c2cc3c(cc21)C(C)(C)c1cccc2c1N3c1cc(-c3ccc(S(C)(C)C)cc3)cc3c1B2c1cccc2c1N3c1ccccc1C2(C)C. The fourth-order valence-electron chi connectivity index (χ4n) is 15.4. The molecule has 5 unspecified atom stereocenters. The third-order valence-electron chi connectivity index (χ3n) is 18.3. The maximum absolute atomic E-state index is 2.76. The van der Waals surface area contributed by atoms with Crippen molar-refractivity contribution in [3.05, 3.63) is 178 Å². The number of hydrogen-bond acceptors (Lipinski definition) is 2. The fraction of sp³-hybridized carbons (Fsp3) is 0.279. The van der Waals surface area contributed by atoms with Crippen LogP contribution in [0.15, 0.2) is 150 Å². The molecule has 0 saturated heterocycles. The van der Waals surface area contributed by atoms with Gasteiger partial charge in [-0.15, -0.1) is 0 Å². The third kappa shape index (κ3) is 4.26. The van der Waals surface area contributed by atoms with Gasteiger partial charge in [-0.05, 0) is 169 Å². The first-order valence-corrected chi connectivity index (χ1v) is 27.1. The van der Waals surface area contributed by atoms with Crippen molar-refractivity contribution in [1.29, 1.82) is 0 Å². The average Bonchev–Trinajstić information content (AvgIpc) is 3.58. The van der Waals surface area contributed by atoms with Crippen LogP contribution in [0.3, 0.4) is 0 Å². The minimum Gasteiger partial charge on any atom is -0.311 e. The predicted molar refractivity (Wildman–Crippen MR) is 277 cm³/mol. The van der Waals surface area contributed by atoms with Gasteiger partial charge in [-0.1, -0.05) is 143 Å². The molecule has 0 amide bonds. The molecular weight excluding hydrogens is 804 g/mol. The summed E-state index contributed by atoms with van der Waals surface area (Å²) >= 11 is 0. The Hall–Kier alpha value is -5.71. The van der Waals surface area contributed by atoms with E-state index in [1.165, 1.54) is 113 Å². The van der Waals surface area contributed by atoms with E-state index in [0.717, 1.165) is 17.8 Å². The van der Waals surface area contributed by atoms with Gasteiger partial charge in [-0.2, -0.15) is 0 Å². The van der Waals surface area contributed by atoms with Gasteiger partial charge in [0.1, 0.15) is 0 Å². The smallest absolute Gasteiger partial charge is 0.252 e. The van der Waals surface area contributed by atoms with Crippen molar-refractivity contribution < 1.29 is 0 Å². The van der Waals surface area contributed by atoms with Gasteiger partial charge in [0.2, 0.25) is 0 Å². The third-order valence-corrected chi connectivity index (χ3v) is 20.0. The average molecular weight is 859 g/mol. The van der Waals surface area contributed by atoms with Crippen LogP contribution in [0, 0.1) is 23.7 Å². The fourth-order valence-corrected chi connectivity index (χ4v) is 16.4. The molecule has 4 heteroatoms. The highest BCUT2D eigenvalue weighted by Crippen LogP contribution is 2.76. The Labute approximate surface area is 386 Å². The molecule has 0 aromatic heterocycles. The zero-order valence-electron chi connectivity index (χ0n) is 38.9. The highest BCUT2D eigenvalue weighted by molar-refractivity contribution is 8.32. The van der Waals surface area contributed by atoms with Gasteiger partial charge in [0.25, 0.3) is 6.71 Å². The summed E-state index contributed by atoms with van der Waals surface area (Å²) in [4.78, 5) is 6.87. The predicted octanol–water partition coefficient (Wildman–Crippen LogP) is 13.3. The van der Waals surface area contributed by atoms with Gasteiger partial charge in [0.05, 0.1) is 11.4 Å². The van der Waals surface area contributed by atoms with Crippen molar-refractivity contribution in [3.63, 3.8) is 0 Å². The Morgan fingerprint density at radius 1 is 0.538 bits per heavy atom. The molecule has 1 spiro atoms. The molecule has 0 radical (unpaired) electrons. The molecule has 2 nitrogen and oxygen atoms in total. The number of para-hydroxylation sites is 3. The second-order valence-corrected chi connectivity index (χ2v) is 27.1. The Morgan fingerprint density at radius 2 is 1.15 bits per heavy atom. The molecule has 7 aromatic carbocycles. The summed E-state index contributed by atoms with van der Waals surface area (Å²) in [5.74, 6) is 2.97. The van der Waals surface area contributed by atoms with E-state index in [2.05, 4.69) is 203 Å². The van der Waals surface area contributed by atoms with Crippen LogP contribution in [-0.4, -0.2) is 25.5 Å². The lowest BCUT2D eigenvalue weighted by Crippen LogP contribution is -2.63. The lowest BCUT2D eigenvalue weighted by molar-refractivity contribution is 0.0147. The van der Waals surface area contributed by atoms with Crippen LogP contribution in [-0.2, 0) is 16.2 Å². The zero-order chi connectivity index (χ0) is 43.8. The lowest BCUT2D eigenvalue weighted by atomic mass is 9.32. The molecule has 15 rings (SSSR count). The van der Waals surface area contributed by atoms with E-state index in [1.807, 2.05) is 0 Å². The van der Waals surface area contributed by atoms with Gasteiger partial charge in [-0.3, -0.25) is 0 Å². The Kier molecular flexibility index (Phi) is 6.81. The molecule has 4 aliphatic heterocycles. The summed E-state index contributed by atoms with van der Waals surface area (Å²) in [6.07, 6.45) is 12.6. The zero-order valence-corrected chi connectivity index (χ0v) is 39.7. The van der Waals surface area contributed by atoms with E-state index in [9.17, 15) is 0 Å². The monoisotopic (exact) mass is 858 g/mol. The van der Waals surface area contributed by atoms with Gasteiger partial charge in [-0.25, -0.2) is 10.0 Å². The van der Waals surface area contributed by atoms with E-state index in [4.69, 9.17) is 0 Å². The van der Waals surface area contributed by atoms with E-state index >= 15 is 0 Å². The molecule has 318 valence electrons. The van der Waals surface area contributed by atoms with E-state index in [1.54, 1.807) is 16.7 Å². The number of rotatable bonds is 2. The Balaban J connectivity index is 1.04. The summed E-state index contributed by atoms with van der Waals surface area (Å²) in [5.41, 5.74) is 27.9. The van der Waals surface area contributed by atoms with E-state index in [-0.39, 0.29) is 23.0 Å². The first kappa shape index (κ1) is 37.5. The van der Waals surface area contributed by atoms with Crippen LogP contribution in [0.5, 0.6) is 0 Å². The van der Waals surface area contributed by atoms with Crippen LogP contribution in [0.1, 0.15) is 80.8 Å². The topological polar surface area (TPSA) is 6.48 Å². The molecule has 0 N–H and O–H groups in total. The second-order valence-electron chi connectivity index (χ2n) is 22.9. The van der Waals surface area contributed by atoms with Gasteiger partial charge in [0.15, 0.2) is 0 Å². The van der Waals surface area contributed by atoms with Crippen molar-refractivity contribution in [2.75, 3.05) is 28.6 Å². The van der Waals surface area contributed by atoms with E-state index < -0.39 is 10.0 Å². The molecule has 2 fully saturated rings. The highest BCUT2D eigenvalue weighted by atomic mass is 32.3. The molecule has 5 atom stereocenters. The second kappa shape index (κ2) is 11.8. The van der Waals surface area contributed by atoms with Crippen LogP contribution in [0.4, 0.5) is 34.1 Å². The molecule has 2 saturated carbocycles. The van der Waals surface area contributed by atoms with Crippen LogP contribution < -0.4 is 26.2 Å². The van der Waals surface area contributed by atoms with E-state index in [0.29, 0.717) is 5.92 Å². The molecule has 4 aliphatic carbocycles. The Morgan fingerprint density at radius 3 is 1.85 bits per heavy atom. The summed E-state index contributed by atoms with van der Waals surface area (Å²) in [6.45, 7) is 12.5. The van der Waals surface area contributed by atoms with Gasteiger partial charge < -0.3 is 9.80 Å². The summed E-state index contributed by atoms with van der Waals surface area (Å²) in [5, 5.41) is 0. The largest absolute Gasteiger partial charge is 0.311 e.